The lowest BCUT2D eigenvalue weighted by Crippen LogP contribution is -2.39. The van der Waals surface area contributed by atoms with E-state index in [4.69, 9.17) is 9.47 Å². The van der Waals surface area contributed by atoms with Gasteiger partial charge in [-0.3, -0.25) is 4.79 Å². The van der Waals surface area contributed by atoms with Crippen LogP contribution in [0.4, 0.5) is 4.39 Å². The van der Waals surface area contributed by atoms with Crippen molar-refractivity contribution in [2.45, 2.75) is 4.90 Å². The summed E-state index contributed by atoms with van der Waals surface area (Å²) in [6.07, 6.45) is 0. The molecule has 9 heteroatoms. The molecule has 1 amide bonds. The first-order valence-electron chi connectivity index (χ1n) is 6.38. The van der Waals surface area contributed by atoms with Crippen LogP contribution in [0.15, 0.2) is 23.1 Å². The average molecular weight is 334 g/mol. The van der Waals surface area contributed by atoms with E-state index in [2.05, 4.69) is 5.32 Å². The van der Waals surface area contributed by atoms with Crippen molar-refractivity contribution in [3.63, 3.8) is 0 Å². The first-order chi connectivity index (χ1) is 10.3. The van der Waals surface area contributed by atoms with Crippen LogP contribution in [0.3, 0.4) is 0 Å². The summed E-state index contributed by atoms with van der Waals surface area (Å²) in [5, 5.41) is 2.50. The van der Waals surface area contributed by atoms with E-state index in [0.717, 1.165) is 16.4 Å². The molecule has 1 N–H and O–H groups in total. The second-order valence-corrected chi connectivity index (χ2v) is 6.41. The van der Waals surface area contributed by atoms with E-state index < -0.39 is 28.3 Å². The molecule has 0 unspecified atom stereocenters. The number of nitrogens with one attached hydrogen (secondary N) is 1. The molecule has 1 rings (SSSR count). The minimum Gasteiger partial charge on any atom is -0.495 e. The third-order valence-electron chi connectivity index (χ3n) is 2.81. The molecule has 0 bridgehead atoms. The Balaban J connectivity index is 2.89. The van der Waals surface area contributed by atoms with Crippen molar-refractivity contribution < 1.29 is 27.1 Å². The number of carbonyl (C=O) groups excluding carboxylic acids is 1. The number of nitrogens with zero attached hydrogens (tertiary/aromatic N) is 1. The standard InChI is InChI=1S/C13H19FN2O5S/c1-16(9-13(17)15-6-7-20-2)22(18,19)12-8-10(14)4-5-11(12)21-3/h4-5,8H,6-7,9H2,1-3H3,(H,15,17). The van der Waals surface area contributed by atoms with E-state index in [0.29, 0.717) is 6.61 Å². The van der Waals surface area contributed by atoms with Crippen LogP contribution in [-0.4, -0.2) is 59.6 Å². The van der Waals surface area contributed by atoms with Crippen molar-refractivity contribution in [2.75, 3.05) is 41.0 Å². The molecule has 0 aliphatic carbocycles. The molecule has 0 radical (unpaired) electrons. The molecular formula is C13H19FN2O5S. The number of amides is 1. The topological polar surface area (TPSA) is 84.9 Å². The van der Waals surface area contributed by atoms with Gasteiger partial charge in [0, 0.05) is 20.7 Å². The van der Waals surface area contributed by atoms with Crippen LogP contribution >= 0.6 is 0 Å². The Morgan fingerprint density at radius 3 is 2.64 bits per heavy atom. The summed E-state index contributed by atoms with van der Waals surface area (Å²) in [6.45, 7) is 0.193. The summed E-state index contributed by atoms with van der Waals surface area (Å²) in [5.41, 5.74) is 0. The van der Waals surface area contributed by atoms with E-state index >= 15 is 0 Å². The molecule has 124 valence electrons. The number of benzene rings is 1. The van der Waals surface area contributed by atoms with Crippen molar-refractivity contribution in [2.24, 2.45) is 0 Å². The van der Waals surface area contributed by atoms with Crippen molar-refractivity contribution in [3.05, 3.63) is 24.0 Å². The summed E-state index contributed by atoms with van der Waals surface area (Å²) >= 11 is 0. The maximum Gasteiger partial charge on any atom is 0.247 e. The number of ether oxygens (including phenoxy) is 2. The average Bonchev–Trinajstić information content (AvgIpc) is 2.47. The lowest BCUT2D eigenvalue weighted by molar-refractivity contribution is -0.121. The highest BCUT2D eigenvalue weighted by Crippen LogP contribution is 2.26. The molecule has 0 fully saturated rings. The maximum absolute atomic E-state index is 13.3. The lowest BCUT2D eigenvalue weighted by Gasteiger charge is -2.18. The lowest BCUT2D eigenvalue weighted by atomic mass is 10.3. The van der Waals surface area contributed by atoms with Crippen LogP contribution in [0, 0.1) is 5.82 Å². The smallest absolute Gasteiger partial charge is 0.247 e. The van der Waals surface area contributed by atoms with E-state index in [-0.39, 0.29) is 17.2 Å². The quantitative estimate of drug-likeness (QED) is 0.687. The second kappa shape index (κ2) is 8.06. The Hall–Kier alpha value is -1.71. The molecule has 0 spiro atoms. The highest BCUT2D eigenvalue weighted by Gasteiger charge is 2.26. The Bertz CT molecular complexity index is 621. The second-order valence-electron chi connectivity index (χ2n) is 4.40. The molecule has 0 aliphatic rings. The van der Waals surface area contributed by atoms with Gasteiger partial charge in [0.15, 0.2) is 0 Å². The number of hydrogen-bond donors (Lipinski definition) is 1. The highest BCUT2D eigenvalue weighted by atomic mass is 32.2. The van der Waals surface area contributed by atoms with Gasteiger partial charge < -0.3 is 14.8 Å². The first-order valence-corrected chi connectivity index (χ1v) is 7.82. The Kier molecular flexibility index (Phi) is 6.72. The predicted octanol–water partition coefficient (Wildman–Crippen LogP) is 0.217. The Morgan fingerprint density at radius 1 is 1.36 bits per heavy atom. The number of carbonyl (C=O) groups is 1. The number of hydrogen-bond acceptors (Lipinski definition) is 5. The van der Waals surface area contributed by atoms with Gasteiger partial charge in [0.2, 0.25) is 15.9 Å². The van der Waals surface area contributed by atoms with Crippen molar-refractivity contribution in [1.82, 2.24) is 9.62 Å². The molecule has 0 atom stereocenters. The summed E-state index contributed by atoms with van der Waals surface area (Å²) in [6, 6.07) is 3.16. The molecule has 7 nitrogen and oxygen atoms in total. The van der Waals surface area contributed by atoms with Crippen LogP contribution in [-0.2, 0) is 19.6 Å². The number of sulfonamides is 1. The minimum absolute atomic E-state index is 0.00745. The molecule has 1 aromatic rings. The predicted molar refractivity (Wildman–Crippen MR) is 77.7 cm³/mol. The van der Waals surface area contributed by atoms with Gasteiger partial charge >= 0.3 is 0 Å². The molecule has 22 heavy (non-hydrogen) atoms. The van der Waals surface area contributed by atoms with Gasteiger partial charge in [-0.05, 0) is 18.2 Å². The van der Waals surface area contributed by atoms with Gasteiger partial charge in [-0.2, -0.15) is 4.31 Å². The van der Waals surface area contributed by atoms with Gasteiger partial charge in [-0.15, -0.1) is 0 Å². The molecule has 0 aromatic heterocycles. The highest BCUT2D eigenvalue weighted by molar-refractivity contribution is 7.89. The van der Waals surface area contributed by atoms with Crippen LogP contribution < -0.4 is 10.1 Å². The Labute approximate surface area is 129 Å². The Morgan fingerprint density at radius 2 is 2.05 bits per heavy atom. The maximum atomic E-state index is 13.3. The van der Waals surface area contributed by atoms with E-state index in [9.17, 15) is 17.6 Å². The normalized spacial score (nSPS) is 11.5. The largest absolute Gasteiger partial charge is 0.495 e. The third-order valence-corrected chi connectivity index (χ3v) is 4.63. The van der Waals surface area contributed by atoms with Crippen molar-refractivity contribution in [3.8, 4) is 5.75 Å². The van der Waals surface area contributed by atoms with Gasteiger partial charge in [0.25, 0.3) is 0 Å². The zero-order valence-electron chi connectivity index (χ0n) is 12.6. The fraction of sp³-hybridized carbons (Fsp3) is 0.462. The zero-order chi connectivity index (χ0) is 16.8. The van der Waals surface area contributed by atoms with Crippen LogP contribution in [0.5, 0.6) is 5.75 Å². The fourth-order valence-electron chi connectivity index (χ4n) is 1.66. The molecule has 0 saturated heterocycles. The number of halogens is 1. The van der Waals surface area contributed by atoms with Crippen molar-refractivity contribution >= 4 is 15.9 Å². The van der Waals surface area contributed by atoms with E-state index in [1.165, 1.54) is 27.3 Å². The van der Waals surface area contributed by atoms with Crippen LogP contribution in [0.1, 0.15) is 0 Å². The number of rotatable bonds is 8. The molecule has 0 heterocycles. The SMILES string of the molecule is COCCNC(=O)CN(C)S(=O)(=O)c1cc(F)ccc1OC. The number of methoxy groups -OCH3 is 2. The van der Waals surface area contributed by atoms with Gasteiger partial charge in [0.1, 0.15) is 16.5 Å². The summed E-state index contributed by atoms with van der Waals surface area (Å²) in [4.78, 5) is 11.3. The summed E-state index contributed by atoms with van der Waals surface area (Å²) in [5.74, 6) is -1.19. The molecule has 0 saturated carbocycles. The molecule has 1 aromatic carbocycles. The minimum atomic E-state index is -4.05. The molecular weight excluding hydrogens is 315 g/mol. The zero-order valence-corrected chi connectivity index (χ0v) is 13.4. The molecule has 0 aliphatic heterocycles. The van der Waals surface area contributed by atoms with E-state index in [1.54, 1.807) is 0 Å². The van der Waals surface area contributed by atoms with Crippen molar-refractivity contribution in [1.29, 1.82) is 0 Å². The summed E-state index contributed by atoms with van der Waals surface area (Å²) in [7, 11) is -0.0554. The number of likely N-dealkylation sites (N-methyl/N-ethyl adjacent to an activating group) is 1. The van der Waals surface area contributed by atoms with E-state index in [1.807, 2.05) is 0 Å². The first kappa shape index (κ1) is 18.3. The fourth-order valence-corrected chi connectivity index (χ4v) is 2.95. The van der Waals surface area contributed by atoms with Gasteiger partial charge in [-0.1, -0.05) is 0 Å². The van der Waals surface area contributed by atoms with Crippen LogP contribution in [0.2, 0.25) is 0 Å². The summed E-state index contributed by atoms with van der Waals surface area (Å²) < 4.78 is 48.7. The van der Waals surface area contributed by atoms with Crippen LogP contribution in [0.25, 0.3) is 0 Å². The van der Waals surface area contributed by atoms with Gasteiger partial charge in [0.05, 0.1) is 20.3 Å². The van der Waals surface area contributed by atoms with Gasteiger partial charge in [-0.25, -0.2) is 12.8 Å². The third kappa shape index (κ3) is 4.65. The monoisotopic (exact) mass is 334 g/mol.